The van der Waals surface area contributed by atoms with Gasteiger partial charge in [0.15, 0.2) is 11.5 Å². The van der Waals surface area contributed by atoms with Crippen molar-refractivity contribution in [3.8, 4) is 40.3 Å². The molecule has 1 amide bonds. The van der Waals surface area contributed by atoms with E-state index in [1.54, 1.807) is 44.6 Å². The largest absolute Gasteiger partial charge is 0.497 e. The molecule has 3 rings (SSSR count). The van der Waals surface area contributed by atoms with Crippen LogP contribution in [0.1, 0.15) is 5.56 Å². The number of nitrogens with one attached hydrogen (secondary N) is 2. The predicted molar refractivity (Wildman–Crippen MR) is 119 cm³/mol. The number of carbonyl (C=O) groups excluding carboxylic acids is 1. The van der Waals surface area contributed by atoms with Crippen molar-refractivity contribution >= 4 is 17.7 Å². The zero-order valence-electron chi connectivity index (χ0n) is 18.1. The summed E-state index contributed by atoms with van der Waals surface area (Å²) in [6, 6.07) is 12.3. The highest BCUT2D eigenvalue weighted by Crippen LogP contribution is 2.33. The van der Waals surface area contributed by atoms with Gasteiger partial charge >= 0.3 is 0 Å². The van der Waals surface area contributed by atoms with Crippen molar-refractivity contribution in [3.05, 3.63) is 53.7 Å². The number of aromatic amines is 1. The van der Waals surface area contributed by atoms with Crippen molar-refractivity contribution < 1.29 is 23.7 Å². The van der Waals surface area contributed by atoms with E-state index in [1.807, 2.05) is 12.1 Å². The van der Waals surface area contributed by atoms with Crippen LogP contribution in [0.25, 0.3) is 17.3 Å². The van der Waals surface area contributed by atoms with Gasteiger partial charge in [0.25, 0.3) is 5.91 Å². The molecule has 1 heterocycles. The molecule has 0 aliphatic heterocycles. The van der Waals surface area contributed by atoms with Gasteiger partial charge in [0.1, 0.15) is 23.1 Å². The molecule has 0 aliphatic rings. The first kappa shape index (κ1) is 22.2. The lowest BCUT2D eigenvalue weighted by molar-refractivity contribution is -0.112. The summed E-state index contributed by atoms with van der Waals surface area (Å²) >= 11 is 0. The minimum absolute atomic E-state index is 0.113. The third-order valence-corrected chi connectivity index (χ3v) is 4.66. The SMILES string of the molecule is COc1ccc(OC)c(NC(=O)C(C#N)=Cc2cn[nH]c2-c2ccc(OC)c(OC)c2)c1. The number of benzene rings is 2. The first-order valence-corrected chi connectivity index (χ1v) is 9.45. The Morgan fingerprint density at radius 2 is 1.72 bits per heavy atom. The molecular weight excluding hydrogens is 412 g/mol. The lowest BCUT2D eigenvalue weighted by atomic mass is 10.1. The van der Waals surface area contributed by atoms with Crippen LogP contribution in [0.4, 0.5) is 5.69 Å². The number of rotatable bonds is 8. The molecule has 9 heteroatoms. The van der Waals surface area contributed by atoms with E-state index in [4.69, 9.17) is 18.9 Å². The molecule has 0 saturated carbocycles. The van der Waals surface area contributed by atoms with Crippen LogP contribution in [0, 0.1) is 11.3 Å². The Hall–Kier alpha value is -4.45. The minimum atomic E-state index is -0.599. The number of carbonyl (C=O) groups is 1. The normalized spacial score (nSPS) is 10.8. The van der Waals surface area contributed by atoms with Crippen LogP contribution in [0.5, 0.6) is 23.0 Å². The predicted octanol–water partition coefficient (Wildman–Crippen LogP) is 3.66. The molecule has 0 unspecified atom stereocenters. The third kappa shape index (κ3) is 4.65. The number of nitrogens with zero attached hydrogens (tertiary/aromatic N) is 2. The summed E-state index contributed by atoms with van der Waals surface area (Å²) in [5.74, 6) is 1.49. The van der Waals surface area contributed by atoms with Crippen molar-refractivity contribution in [3.63, 3.8) is 0 Å². The topological polar surface area (TPSA) is 118 Å². The molecule has 0 radical (unpaired) electrons. The summed E-state index contributed by atoms with van der Waals surface area (Å²) in [5, 5.41) is 19.3. The Balaban J connectivity index is 1.93. The fourth-order valence-corrected chi connectivity index (χ4v) is 3.03. The quantitative estimate of drug-likeness (QED) is 0.410. The summed E-state index contributed by atoms with van der Waals surface area (Å²) in [5.41, 5.74) is 2.19. The maximum atomic E-state index is 12.8. The van der Waals surface area contributed by atoms with Crippen molar-refractivity contribution in [2.75, 3.05) is 33.8 Å². The van der Waals surface area contributed by atoms with Crippen LogP contribution in [0.15, 0.2) is 48.2 Å². The third-order valence-electron chi connectivity index (χ3n) is 4.66. The number of hydrogen-bond acceptors (Lipinski definition) is 7. The monoisotopic (exact) mass is 434 g/mol. The standard InChI is InChI=1S/C23H22N4O5/c1-29-17-6-8-19(30-2)18(11-17)26-23(28)15(12-24)9-16-13-25-27-22(16)14-5-7-20(31-3)21(10-14)32-4/h5-11,13H,1-4H3,(H,25,27)(H,26,28). The molecule has 0 bridgehead atoms. The van der Waals surface area contributed by atoms with E-state index in [9.17, 15) is 10.1 Å². The molecule has 0 aliphatic carbocycles. The second-order valence-electron chi connectivity index (χ2n) is 6.46. The lowest BCUT2D eigenvalue weighted by Gasteiger charge is -2.11. The van der Waals surface area contributed by atoms with Crippen LogP contribution in [0.2, 0.25) is 0 Å². The van der Waals surface area contributed by atoms with Gasteiger partial charge in [-0.25, -0.2) is 0 Å². The first-order chi connectivity index (χ1) is 15.5. The summed E-state index contributed by atoms with van der Waals surface area (Å²) in [7, 11) is 6.10. The number of methoxy groups -OCH3 is 4. The lowest BCUT2D eigenvalue weighted by Crippen LogP contribution is -2.14. The Morgan fingerprint density at radius 3 is 2.38 bits per heavy atom. The minimum Gasteiger partial charge on any atom is -0.497 e. The number of nitriles is 1. The molecule has 0 fully saturated rings. The van der Waals surface area contributed by atoms with E-state index in [0.717, 1.165) is 5.56 Å². The van der Waals surface area contributed by atoms with E-state index in [1.165, 1.54) is 26.5 Å². The number of hydrogen-bond donors (Lipinski definition) is 2. The molecule has 164 valence electrons. The fourth-order valence-electron chi connectivity index (χ4n) is 3.03. The van der Waals surface area contributed by atoms with E-state index in [-0.39, 0.29) is 5.57 Å². The van der Waals surface area contributed by atoms with Gasteiger partial charge in [-0.05, 0) is 36.4 Å². The van der Waals surface area contributed by atoms with Gasteiger partial charge in [-0.2, -0.15) is 10.4 Å². The Bertz CT molecular complexity index is 1190. The van der Waals surface area contributed by atoms with E-state index >= 15 is 0 Å². The highest BCUT2D eigenvalue weighted by molar-refractivity contribution is 6.10. The number of anilines is 1. The molecule has 1 aromatic heterocycles. The van der Waals surface area contributed by atoms with Crippen LogP contribution < -0.4 is 24.3 Å². The smallest absolute Gasteiger partial charge is 0.266 e. The van der Waals surface area contributed by atoms with E-state index < -0.39 is 5.91 Å². The van der Waals surface area contributed by atoms with E-state index in [0.29, 0.717) is 39.9 Å². The van der Waals surface area contributed by atoms with Gasteiger partial charge in [-0.3, -0.25) is 9.89 Å². The summed E-state index contributed by atoms with van der Waals surface area (Å²) in [6.07, 6.45) is 2.99. The average molecular weight is 434 g/mol. The van der Waals surface area contributed by atoms with Gasteiger partial charge in [-0.1, -0.05) is 0 Å². The van der Waals surface area contributed by atoms with Gasteiger partial charge in [0.05, 0.1) is 46.0 Å². The zero-order chi connectivity index (χ0) is 23.1. The van der Waals surface area contributed by atoms with Crippen molar-refractivity contribution in [1.82, 2.24) is 10.2 Å². The summed E-state index contributed by atoms with van der Waals surface area (Å²) < 4.78 is 21.1. The Labute approximate surface area is 185 Å². The molecule has 2 aromatic carbocycles. The molecule has 0 atom stereocenters. The fraction of sp³-hybridized carbons (Fsp3) is 0.174. The zero-order valence-corrected chi connectivity index (χ0v) is 18.1. The number of H-pyrrole nitrogens is 1. The van der Waals surface area contributed by atoms with Crippen LogP contribution in [0.3, 0.4) is 0 Å². The molecule has 2 N–H and O–H groups in total. The summed E-state index contributed by atoms with van der Waals surface area (Å²) in [6.45, 7) is 0. The van der Waals surface area contributed by atoms with Gasteiger partial charge < -0.3 is 24.3 Å². The van der Waals surface area contributed by atoms with E-state index in [2.05, 4.69) is 15.5 Å². The first-order valence-electron chi connectivity index (χ1n) is 9.45. The molecule has 3 aromatic rings. The summed E-state index contributed by atoms with van der Waals surface area (Å²) in [4.78, 5) is 12.8. The molecular formula is C23H22N4O5. The Morgan fingerprint density at radius 1 is 1.00 bits per heavy atom. The van der Waals surface area contributed by atoms with Gasteiger partial charge in [0.2, 0.25) is 0 Å². The molecule has 0 spiro atoms. The highest BCUT2D eigenvalue weighted by Gasteiger charge is 2.16. The molecule has 0 saturated heterocycles. The number of amides is 1. The van der Waals surface area contributed by atoms with Crippen LogP contribution >= 0.6 is 0 Å². The maximum absolute atomic E-state index is 12.8. The second kappa shape index (κ2) is 10.0. The molecule has 32 heavy (non-hydrogen) atoms. The Kier molecular flexibility index (Phi) is 6.98. The average Bonchev–Trinajstić information content (AvgIpc) is 3.30. The van der Waals surface area contributed by atoms with Crippen LogP contribution in [-0.4, -0.2) is 44.5 Å². The number of ether oxygens (including phenoxy) is 4. The maximum Gasteiger partial charge on any atom is 0.266 e. The van der Waals surface area contributed by atoms with Crippen molar-refractivity contribution in [2.45, 2.75) is 0 Å². The van der Waals surface area contributed by atoms with Crippen LogP contribution in [-0.2, 0) is 4.79 Å². The van der Waals surface area contributed by atoms with Crippen molar-refractivity contribution in [2.24, 2.45) is 0 Å². The number of aromatic nitrogens is 2. The van der Waals surface area contributed by atoms with Gasteiger partial charge in [-0.15, -0.1) is 0 Å². The highest BCUT2D eigenvalue weighted by atomic mass is 16.5. The van der Waals surface area contributed by atoms with Crippen molar-refractivity contribution in [1.29, 1.82) is 5.26 Å². The second-order valence-corrected chi connectivity index (χ2v) is 6.46. The molecule has 9 nitrogen and oxygen atoms in total. The van der Waals surface area contributed by atoms with Gasteiger partial charge in [0, 0.05) is 17.2 Å².